The summed E-state index contributed by atoms with van der Waals surface area (Å²) in [6, 6.07) is 0. The number of aromatic nitrogens is 2. The second-order valence-electron chi connectivity index (χ2n) is 4.70. The molecule has 1 heterocycles. The van der Waals surface area contributed by atoms with Gasteiger partial charge in [0.15, 0.2) is 0 Å². The lowest BCUT2D eigenvalue weighted by Gasteiger charge is -2.16. The molecule has 98 valence electrons. The zero-order valence-electron chi connectivity index (χ0n) is 11.2. The maximum Gasteiger partial charge on any atom is 0.0635 e. The highest BCUT2D eigenvalue weighted by molar-refractivity contribution is 9.10. The number of hydrogen-bond donors (Lipinski definition) is 1. The Morgan fingerprint density at radius 3 is 2.82 bits per heavy atom. The predicted molar refractivity (Wildman–Crippen MR) is 75.4 cm³/mol. The minimum atomic E-state index is 0.515. The Morgan fingerprint density at radius 2 is 2.24 bits per heavy atom. The van der Waals surface area contributed by atoms with Crippen molar-refractivity contribution in [1.82, 2.24) is 20.0 Å². The number of likely N-dealkylation sites (N-methyl/N-ethyl adjacent to an activating group) is 1. The second-order valence-corrected chi connectivity index (χ2v) is 5.55. The molecule has 1 rings (SSSR count). The summed E-state index contributed by atoms with van der Waals surface area (Å²) in [6.07, 6.45) is 3.03. The molecule has 0 amide bonds. The van der Waals surface area contributed by atoms with Crippen LogP contribution in [0.15, 0.2) is 10.7 Å². The van der Waals surface area contributed by atoms with Crippen LogP contribution in [-0.2, 0) is 6.54 Å². The normalized spacial score (nSPS) is 13.3. The molecule has 0 bridgehead atoms. The standard InChI is InChI=1S/C12H23BrN4/c1-10(5-6-14-2)12-11(13)9-15-17(12)8-7-16(3)4/h9-10,14H,5-8H2,1-4H3. The molecule has 0 aliphatic heterocycles. The van der Waals surface area contributed by atoms with Gasteiger partial charge in [-0.1, -0.05) is 6.92 Å². The van der Waals surface area contributed by atoms with Crippen LogP contribution < -0.4 is 5.32 Å². The number of hydrogen-bond acceptors (Lipinski definition) is 3. The lowest BCUT2D eigenvalue weighted by atomic mass is 10.0. The topological polar surface area (TPSA) is 33.1 Å². The highest BCUT2D eigenvalue weighted by Crippen LogP contribution is 2.26. The van der Waals surface area contributed by atoms with Gasteiger partial charge < -0.3 is 10.2 Å². The van der Waals surface area contributed by atoms with Gasteiger partial charge in [-0.05, 0) is 50.0 Å². The summed E-state index contributed by atoms with van der Waals surface area (Å²) >= 11 is 3.60. The Labute approximate surface area is 113 Å². The molecule has 4 nitrogen and oxygen atoms in total. The van der Waals surface area contributed by atoms with Gasteiger partial charge in [0, 0.05) is 12.5 Å². The van der Waals surface area contributed by atoms with E-state index >= 15 is 0 Å². The van der Waals surface area contributed by atoms with Gasteiger partial charge in [0.25, 0.3) is 0 Å². The molecule has 1 unspecified atom stereocenters. The zero-order valence-corrected chi connectivity index (χ0v) is 12.8. The van der Waals surface area contributed by atoms with E-state index in [2.05, 4.69) is 56.9 Å². The first-order chi connectivity index (χ1) is 8.06. The fraction of sp³-hybridized carbons (Fsp3) is 0.750. The molecule has 0 aromatic carbocycles. The van der Waals surface area contributed by atoms with Crippen molar-refractivity contribution in [2.75, 3.05) is 34.2 Å². The average Bonchev–Trinajstić information content (AvgIpc) is 2.64. The first-order valence-corrected chi connectivity index (χ1v) is 6.86. The second kappa shape index (κ2) is 7.13. The summed E-state index contributed by atoms with van der Waals surface area (Å²) in [5.41, 5.74) is 1.31. The van der Waals surface area contributed by atoms with Gasteiger partial charge in [-0.25, -0.2) is 0 Å². The number of halogens is 1. The average molecular weight is 303 g/mol. The number of nitrogens with zero attached hydrogens (tertiary/aromatic N) is 3. The van der Waals surface area contributed by atoms with E-state index in [0.29, 0.717) is 5.92 Å². The summed E-state index contributed by atoms with van der Waals surface area (Å²) in [4.78, 5) is 2.18. The van der Waals surface area contributed by atoms with Gasteiger partial charge in [0.05, 0.1) is 22.9 Å². The fourth-order valence-electron chi connectivity index (χ4n) is 1.83. The largest absolute Gasteiger partial charge is 0.320 e. The van der Waals surface area contributed by atoms with E-state index in [-0.39, 0.29) is 0 Å². The molecular weight excluding hydrogens is 280 g/mol. The van der Waals surface area contributed by atoms with Gasteiger partial charge >= 0.3 is 0 Å². The third-order valence-corrected chi connectivity index (χ3v) is 3.50. The Hall–Kier alpha value is -0.390. The highest BCUT2D eigenvalue weighted by atomic mass is 79.9. The molecule has 0 saturated carbocycles. The van der Waals surface area contributed by atoms with Crippen molar-refractivity contribution in [3.63, 3.8) is 0 Å². The Morgan fingerprint density at radius 1 is 1.53 bits per heavy atom. The van der Waals surface area contributed by atoms with Crippen molar-refractivity contribution in [3.8, 4) is 0 Å². The van der Waals surface area contributed by atoms with Crippen molar-refractivity contribution in [2.45, 2.75) is 25.8 Å². The van der Waals surface area contributed by atoms with Gasteiger partial charge in [-0.15, -0.1) is 0 Å². The van der Waals surface area contributed by atoms with Crippen molar-refractivity contribution < 1.29 is 0 Å². The van der Waals surface area contributed by atoms with Crippen LogP contribution in [0.25, 0.3) is 0 Å². The first kappa shape index (κ1) is 14.7. The van der Waals surface area contributed by atoms with Gasteiger partial charge in [0.1, 0.15) is 0 Å². The summed E-state index contributed by atoms with van der Waals surface area (Å²) < 4.78 is 3.24. The monoisotopic (exact) mass is 302 g/mol. The molecule has 0 fully saturated rings. The summed E-state index contributed by atoms with van der Waals surface area (Å²) in [6.45, 7) is 5.25. The molecule has 1 aromatic heterocycles. The van der Waals surface area contributed by atoms with E-state index in [9.17, 15) is 0 Å². The molecule has 0 spiro atoms. The molecule has 1 atom stereocenters. The SMILES string of the molecule is CNCCC(C)c1c(Br)cnn1CCN(C)C. The molecule has 0 aliphatic carbocycles. The molecule has 0 radical (unpaired) electrons. The van der Waals surface area contributed by atoms with Crippen LogP contribution in [-0.4, -0.2) is 48.9 Å². The molecule has 5 heteroatoms. The molecule has 0 saturated heterocycles. The number of rotatable bonds is 7. The molecule has 0 aliphatic rings. The van der Waals surface area contributed by atoms with Gasteiger partial charge in [-0.3, -0.25) is 4.68 Å². The maximum atomic E-state index is 4.44. The van der Waals surface area contributed by atoms with E-state index in [1.807, 2.05) is 13.2 Å². The Bertz CT molecular complexity index is 335. The smallest absolute Gasteiger partial charge is 0.0635 e. The molecular formula is C12H23BrN4. The van der Waals surface area contributed by atoms with Crippen LogP contribution in [0, 0.1) is 0 Å². The lowest BCUT2D eigenvalue weighted by Crippen LogP contribution is -2.21. The van der Waals surface area contributed by atoms with E-state index in [1.54, 1.807) is 0 Å². The van der Waals surface area contributed by atoms with Crippen molar-refractivity contribution >= 4 is 15.9 Å². The van der Waals surface area contributed by atoms with Crippen molar-refractivity contribution in [3.05, 3.63) is 16.4 Å². The van der Waals surface area contributed by atoms with E-state index < -0.39 is 0 Å². The minimum Gasteiger partial charge on any atom is -0.320 e. The summed E-state index contributed by atoms with van der Waals surface area (Å²) in [5, 5.41) is 7.64. The van der Waals surface area contributed by atoms with Gasteiger partial charge in [0.2, 0.25) is 0 Å². The summed E-state index contributed by atoms with van der Waals surface area (Å²) in [5.74, 6) is 0.515. The zero-order chi connectivity index (χ0) is 12.8. The van der Waals surface area contributed by atoms with Crippen LogP contribution in [0.5, 0.6) is 0 Å². The summed E-state index contributed by atoms with van der Waals surface area (Å²) in [7, 11) is 6.16. The van der Waals surface area contributed by atoms with Gasteiger partial charge in [-0.2, -0.15) is 5.10 Å². The number of nitrogens with one attached hydrogen (secondary N) is 1. The predicted octanol–water partition coefficient (Wildman–Crippen LogP) is 1.92. The van der Waals surface area contributed by atoms with Crippen LogP contribution in [0.3, 0.4) is 0 Å². The minimum absolute atomic E-state index is 0.515. The van der Waals surface area contributed by atoms with E-state index in [4.69, 9.17) is 0 Å². The third kappa shape index (κ3) is 4.41. The fourth-order valence-corrected chi connectivity index (χ4v) is 2.52. The quantitative estimate of drug-likeness (QED) is 0.835. The Balaban J connectivity index is 2.71. The van der Waals surface area contributed by atoms with E-state index in [1.165, 1.54) is 5.69 Å². The highest BCUT2D eigenvalue weighted by Gasteiger charge is 2.15. The first-order valence-electron chi connectivity index (χ1n) is 6.06. The van der Waals surface area contributed by atoms with Crippen LogP contribution in [0.2, 0.25) is 0 Å². The molecule has 1 aromatic rings. The lowest BCUT2D eigenvalue weighted by molar-refractivity contribution is 0.366. The molecule has 17 heavy (non-hydrogen) atoms. The maximum absolute atomic E-state index is 4.44. The van der Waals surface area contributed by atoms with Crippen molar-refractivity contribution in [1.29, 1.82) is 0 Å². The third-order valence-electron chi connectivity index (χ3n) is 2.89. The van der Waals surface area contributed by atoms with Crippen molar-refractivity contribution in [2.24, 2.45) is 0 Å². The molecule has 1 N–H and O–H groups in total. The van der Waals surface area contributed by atoms with E-state index in [0.717, 1.165) is 30.5 Å². The van der Waals surface area contributed by atoms with Crippen LogP contribution in [0.1, 0.15) is 25.0 Å². The van der Waals surface area contributed by atoms with Crippen LogP contribution in [0.4, 0.5) is 0 Å². The Kier molecular flexibility index (Phi) is 6.16. The van der Waals surface area contributed by atoms with Crippen LogP contribution >= 0.6 is 15.9 Å².